The minimum Gasteiger partial charge on any atom is -0.462 e. The van der Waals surface area contributed by atoms with E-state index in [1.54, 1.807) is 0 Å². The maximum Gasteiger partial charge on any atom is 0.306 e. The molecule has 0 aliphatic carbocycles. The lowest BCUT2D eigenvalue weighted by atomic mass is 10.0. The molecule has 0 fully saturated rings. The van der Waals surface area contributed by atoms with Crippen LogP contribution in [0.25, 0.3) is 0 Å². The zero-order valence-electron chi connectivity index (χ0n) is 42.4. The molecule has 0 aliphatic heterocycles. The second-order valence-corrected chi connectivity index (χ2v) is 17.2. The maximum absolute atomic E-state index is 12.3. The SMILES string of the molecule is CC/C=C\C/C=C\C/C=C\C/C=C\C/C=C\C/C=C\CCCCCCCCCCCCC(=O)OC(CO)COC(=O)CCCCCCCCC/C=C\C/C=C\C/C=C\C/C=C\C/C=C\CC. The number of hydrogen-bond donors (Lipinski definition) is 1. The highest BCUT2D eigenvalue weighted by molar-refractivity contribution is 5.70. The summed E-state index contributed by atoms with van der Waals surface area (Å²) >= 11 is 0. The van der Waals surface area contributed by atoms with E-state index in [9.17, 15) is 14.7 Å². The minimum atomic E-state index is -0.790. The predicted octanol–water partition coefficient (Wildman–Crippen LogP) is 18.1. The molecular formula is C61H98O5. The molecule has 0 spiro atoms. The average molecular weight is 911 g/mol. The number of esters is 2. The summed E-state index contributed by atoms with van der Waals surface area (Å²) in [6, 6.07) is 0. The molecule has 0 rings (SSSR count). The van der Waals surface area contributed by atoms with Crippen molar-refractivity contribution in [3.63, 3.8) is 0 Å². The number of rotatable bonds is 47. The van der Waals surface area contributed by atoms with Crippen LogP contribution < -0.4 is 0 Å². The summed E-state index contributed by atoms with van der Waals surface area (Å²) in [5, 5.41) is 9.65. The van der Waals surface area contributed by atoms with Crippen LogP contribution in [0.2, 0.25) is 0 Å². The van der Waals surface area contributed by atoms with E-state index in [0.717, 1.165) is 116 Å². The third-order valence-corrected chi connectivity index (χ3v) is 10.9. The van der Waals surface area contributed by atoms with Crippen LogP contribution in [0.3, 0.4) is 0 Å². The Kier molecular flexibility index (Phi) is 52.0. The van der Waals surface area contributed by atoms with Gasteiger partial charge in [0, 0.05) is 12.8 Å². The third-order valence-electron chi connectivity index (χ3n) is 10.9. The van der Waals surface area contributed by atoms with Gasteiger partial charge in [0.1, 0.15) is 6.61 Å². The number of carbonyl (C=O) groups excluding carboxylic acids is 2. The van der Waals surface area contributed by atoms with Crippen molar-refractivity contribution >= 4 is 11.9 Å². The van der Waals surface area contributed by atoms with Crippen LogP contribution in [0.4, 0.5) is 0 Å². The van der Waals surface area contributed by atoms with Gasteiger partial charge in [-0.2, -0.15) is 0 Å². The average Bonchev–Trinajstić information content (AvgIpc) is 3.32. The Balaban J connectivity index is 3.59. The Bertz CT molecular complexity index is 1400. The van der Waals surface area contributed by atoms with Crippen LogP contribution >= 0.6 is 0 Å². The molecule has 0 aliphatic rings. The molecule has 1 unspecified atom stereocenters. The molecule has 0 bridgehead atoms. The van der Waals surface area contributed by atoms with Gasteiger partial charge in [-0.25, -0.2) is 0 Å². The summed E-state index contributed by atoms with van der Waals surface area (Å²) in [5.41, 5.74) is 0. The van der Waals surface area contributed by atoms with E-state index in [1.807, 2.05) is 0 Å². The van der Waals surface area contributed by atoms with Crippen molar-refractivity contribution in [2.24, 2.45) is 0 Å². The van der Waals surface area contributed by atoms with E-state index in [1.165, 1.54) is 77.0 Å². The first kappa shape index (κ1) is 62.0. The Labute approximate surface area is 406 Å². The molecule has 0 saturated heterocycles. The molecule has 0 radical (unpaired) electrons. The molecular weight excluding hydrogens is 813 g/mol. The van der Waals surface area contributed by atoms with Crippen molar-refractivity contribution in [2.75, 3.05) is 13.2 Å². The molecule has 0 saturated carbocycles. The van der Waals surface area contributed by atoms with Crippen LogP contribution in [-0.4, -0.2) is 36.4 Å². The maximum atomic E-state index is 12.3. The zero-order chi connectivity index (χ0) is 47.7. The minimum absolute atomic E-state index is 0.0819. The molecule has 0 aromatic carbocycles. The van der Waals surface area contributed by atoms with Gasteiger partial charge in [0.05, 0.1) is 6.61 Å². The fraction of sp³-hybridized carbons (Fsp3) is 0.607. The monoisotopic (exact) mass is 911 g/mol. The molecule has 372 valence electrons. The van der Waals surface area contributed by atoms with E-state index in [0.29, 0.717) is 12.8 Å². The highest BCUT2D eigenvalue weighted by atomic mass is 16.6. The summed E-state index contributed by atoms with van der Waals surface area (Å²) in [4.78, 5) is 24.5. The van der Waals surface area contributed by atoms with Gasteiger partial charge in [-0.15, -0.1) is 0 Å². The Morgan fingerprint density at radius 2 is 0.606 bits per heavy atom. The van der Waals surface area contributed by atoms with Crippen LogP contribution in [0.15, 0.2) is 134 Å². The van der Waals surface area contributed by atoms with Crippen LogP contribution in [0.5, 0.6) is 0 Å². The standard InChI is InChI=1S/C61H98O5/c1-3-5-7-9-11-13-15-17-19-21-23-25-27-28-29-30-31-32-34-36-38-40-42-44-46-48-50-52-54-56-61(64)66-59(57-62)58-65-60(63)55-53-51-49-47-45-43-41-39-37-35-33-26-24-22-20-18-16-14-12-10-8-6-4-2/h5-8,11-14,17-20,23-26,28-29,31-32,35,37,59,62H,3-4,9-10,15-16,21-22,27,30,33-34,36,38-58H2,1-2H3/b7-5-,8-6-,13-11-,14-12-,19-17-,20-18-,25-23-,26-24-,29-28-,32-31-,37-35-. The highest BCUT2D eigenvalue weighted by Crippen LogP contribution is 2.14. The summed E-state index contributed by atoms with van der Waals surface area (Å²) in [7, 11) is 0. The predicted molar refractivity (Wildman–Crippen MR) is 288 cm³/mol. The van der Waals surface area contributed by atoms with Crippen LogP contribution in [0.1, 0.15) is 219 Å². The first-order valence-electron chi connectivity index (χ1n) is 26.7. The normalized spacial score (nSPS) is 13.3. The fourth-order valence-corrected chi connectivity index (χ4v) is 7.00. The molecule has 5 nitrogen and oxygen atoms in total. The van der Waals surface area contributed by atoms with Gasteiger partial charge in [-0.05, 0) is 109 Å². The van der Waals surface area contributed by atoms with Crippen molar-refractivity contribution in [3.05, 3.63) is 134 Å². The molecule has 0 amide bonds. The van der Waals surface area contributed by atoms with E-state index < -0.39 is 6.10 Å². The van der Waals surface area contributed by atoms with E-state index in [4.69, 9.17) is 9.47 Å². The van der Waals surface area contributed by atoms with E-state index >= 15 is 0 Å². The molecule has 0 heterocycles. The third kappa shape index (κ3) is 52.7. The van der Waals surface area contributed by atoms with Crippen molar-refractivity contribution in [3.8, 4) is 0 Å². The molecule has 5 heteroatoms. The summed E-state index contributed by atoms with van der Waals surface area (Å²) in [6.07, 6.45) is 82.6. The lowest BCUT2D eigenvalue weighted by Crippen LogP contribution is -2.28. The van der Waals surface area contributed by atoms with Gasteiger partial charge in [-0.3, -0.25) is 9.59 Å². The van der Waals surface area contributed by atoms with Gasteiger partial charge < -0.3 is 14.6 Å². The number of aliphatic hydroxyl groups is 1. The Hall–Kier alpha value is -3.96. The Morgan fingerprint density at radius 3 is 0.909 bits per heavy atom. The molecule has 1 atom stereocenters. The first-order chi connectivity index (χ1) is 32.6. The first-order valence-corrected chi connectivity index (χ1v) is 26.7. The summed E-state index contributed by atoms with van der Waals surface area (Å²) < 4.78 is 10.7. The number of hydrogen-bond acceptors (Lipinski definition) is 5. The lowest BCUT2D eigenvalue weighted by molar-refractivity contribution is -0.161. The van der Waals surface area contributed by atoms with Crippen molar-refractivity contribution < 1.29 is 24.2 Å². The second kappa shape index (κ2) is 55.4. The zero-order valence-corrected chi connectivity index (χ0v) is 42.4. The number of ether oxygens (including phenoxy) is 2. The largest absolute Gasteiger partial charge is 0.462 e. The van der Waals surface area contributed by atoms with Crippen LogP contribution in [0, 0.1) is 0 Å². The lowest BCUT2D eigenvalue weighted by Gasteiger charge is -2.15. The summed E-state index contributed by atoms with van der Waals surface area (Å²) in [5.74, 6) is -0.616. The summed E-state index contributed by atoms with van der Waals surface area (Å²) in [6.45, 7) is 3.90. The van der Waals surface area contributed by atoms with Crippen molar-refractivity contribution in [1.82, 2.24) is 0 Å². The number of aliphatic hydroxyl groups excluding tert-OH is 1. The molecule has 1 N–H and O–H groups in total. The molecule has 66 heavy (non-hydrogen) atoms. The second-order valence-electron chi connectivity index (χ2n) is 17.2. The van der Waals surface area contributed by atoms with E-state index in [2.05, 4.69) is 148 Å². The van der Waals surface area contributed by atoms with Gasteiger partial charge >= 0.3 is 11.9 Å². The van der Waals surface area contributed by atoms with Gasteiger partial charge in [0.15, 0.2) is 6.10 Å². The molecule has 0 aromatic heterocycles. The quantitative estimate of drug-likeness (QED) is 0.0374. The fourth-order valence-electron chi connectivity index (χ4n) is 7.00. The van der Waals surface area contributed by atoms with Gasteiger partial charge in [0.25, 0.3) is 0 Å². The number of unbranched alkanes of at least 4 members (excludes halogenated alkanes) is 17. The number of allylic oxidation sites excluding steroid dienone is 22. The smallest absolute Gasteiger partial charge is 0.306 e. The van der Waals surface area contributed by atoms with Gasteiger partial charge in [-0.1, -0.05) is 231 Å². The van der Waals surface area contributed by atoms with Crippen molar-refractivity contribution in [2.45, 2.75) is 225 Å². The van der Waals surface area contributed by atoms with Gasteiger partial charge in [0.2, 0.25) is 0 Å². The Morgan fingerprint density at radius 1 is 0.348 bits per heavy atom. The van der Waals surface area contributed by atoms with E-state index in [-0.39, 0.29) is 25.2 Å². The number of carbonyl (C=O) groups is 2. The molecule has 0 aromatic rings. The van der Waals surface area contributed by atoms with Crippen molar-refractivity contribution in [1.29, 1.82) is 0 Å². The topological polar surface area (TPSA) is 72.8 Å². The van der Waals surface area contributed by atoms with Crippen LogP contribution in [-0.2, 0) is 19.1 Å². The highest BCUT2D eigenvalue weighted by Gasteiger charge is 2.16.